The summed E-state index contributed by atoms with van der Waals surface area (Å²) in [6, 6.07) is 0. The minimum Gasteiger partial charge on any atom is -0.0670 e. The molecular weight excluding hydrogens is 240 g/mol. The topological polar surface area (TPSA) is 0 Å². The largest absolute Gasteiger partial charge is 0.0670 e. The highest BCUT2D eigenvalue weighted by Gasteiger charge is 2.56. The van der Waals surface area contributed by atoms with Crippen molar-refractivity contribution < 1.29 is 0 Å². The Hall–Kier alpha value is -0.260. The number of hydrogen-bond donors (Lipinski definition) is 0. The molecule has 0 bridgehead atoms. The van der Waals surface area contributed by atoms with Crippen LogP contribution in [0.3, 0.4) is 0 Å². The van der Waals surface area contributed by atoms with E-state index in [-0.39, 0.29) is 0 Å². The van der Waals surface area contributed by atoms with Crippen molar-refractivity contribution in [3.8, 4) is 0 Å². The first kappa shape index (κ1) is 11.3. The van der Waals surface area contributed by atoms with Gasteiger partial charge in [-0.15, -0.1) is 0 Å². The Balaban J connectivity index is 1.42. The van der Waals surface area contributed by atoms with Crippen molar-refractivity contribution in [2.24, 2.45) is 47.3 Å². The molecule has 0 saturated heterocycles. The summed E-state index contributed by atoms with van der Waals surface area (Å²) < 4.78 is 0. The standard InChI is InChI=1S/C20H28/c1-3-13-9-17(15-7-5-11(1)19(13)15)18-10-14-4-2-12-6-8-16(18)20(12)14/h11-16,19-20H,1-10H2/b18-17-/t11?,12?,13?,14?,15?,16?,19-,20-/m1/s1. The predicted molar refractivity (Wildman–Crippen MR) is 81.1 cm³/mol. The Kier molecular flexibility index (Phi) is 2.11. The first-order valence-corrected chi connectivity index (χ1v) is 9.62. The zero-order chi connectivity index (χ0) is 12.8. The van der Waals surface area contributed by atoms with Crippen molar-refractivity contribution >= 4 is 0 Å². The molecule has 0 aliphatic heterocycles. The van der Waals surface area contributed by atoms with Crippen LogP contribution in [0.15, 0.2) is 11.1 Å². The first-order chi connectivity index (χ1) is 9.90. The maximum atomic E-state index is 2.07. The van der Waals surface area contributed by atoms with Gasteiger partial charge in [0.25, 0.3) is 0 Å². The van der Waals surface area contributed by atoms with Crippen LogP contribution in [0.2, 0.25) is 0 Å². The highest BCUT2D eigenvalue weighted by atomic mass is 14.6. The van der Waals surface area contributed by atoms with Crippen LogP contribution in [0.4, 0.5) is 0 Å². The lowest BCUT2D eigenvalue weighted by Crippen LogP contribution is -2.11. The molecule has 6 unspecified atom stereocenters. The van der Waals surface area contributed by atoms with E-state index in [1.54, 1.807) is 64.2 Å². The average molecular weight is 268 g/mol. The minimum absolute atomic E-state index is 1.08. The number of hydrogen-bond acceptors (Lipinski definition) is 0. The molecule has 0 aromatic heterocycles. The lowest BCUT2D eigenvalue weighted by molar-refractivity contribution is 0.359. The van der Waals surface area contributed by atoms with Crippen LogP contribution in [-0.4, -0.2) is 0 Å². The van der Waals surface area contributed by atoms with Gasteiger partial charge in [-0.05, 0) is 112 Å². The fraction of sp³-hybridized carbons (Fsp3) is 0.900. The molecule has 6 fully saturated rings. The smallest absolute Gasteiger partial charge is 0.0166 e. The molecule has 6 aliphatic rings. The second-order valence-corrected chi connectivity index (χ2v) is 9.18. The number of rotatable bonds is 0. The summed E-state index contributed by atoms with van der Waals surface area (Å²) in [5, 5.41) is 0. The van der Waals surface area contributed by atoms with Crippen molar-refractivity contribution in [2.75, 3.05) is 0 Å². The summed E-state index contributed by atoms with van der Waals surface area (Å²) in [5.41, 5.74) is 4.14. The van der Waals surface area contributed by atoms with Gasteiger partial charge in [-0.1, -0.05) is 11.1 Å². The van der Waals surface area contributed by atoms with E-state index in [1.165, 1.54) is 0 Å². The van der Waals surface area contributed by atoms with E-state index >= 15 is 0 Å². The van der Waals surface area contributed by atoms with Gasteiger partial charge in [0.05, 0.1) is 0 Å². The number of allylic oxidation sites excluding steroid dienone is 2. The maximum absolute atomic E-state index is 2.07. The van der Waals surface area contributed by atoms with Crippen LogP contribution >= 0.6 is 0 Å². The van der Waals surface area contributed by atoms with Crippen molar-refractivity contribution in [3.63, 3.8) is 0 Å². The summed E-state index contributed by atoms with van der Waals surface area (Å²) >= 11 is 0. The zero-order valence-electron chi connectivity index (χ0n) is 12.7. The van der Waals surface area contributed by atoms with Gasteiger partial charge < -0.3 is 0 Å². The van der Waals surface area contributed by atoms with Crippen LogP contribution in [0.1, 0.15) is 64.2 Å². The van der Waals surface area contributed by atoms with Crippen molar-refractivity contribution in [3.05, 3.63) is 11.1 Å². The maximum Gasteiger partial charge on any atom is -0.0166 e. The van der Waals surface area contributed by atoms with Crippen LogP contribution in [0, 0.1) is 47.3 Å². The Labute approximate surface area is 123 Å². The van der Waals surface area contributed by atoms with Gasteiger partial charge >= 0.3 is 0 Å². The second-order valence-electron chi connectivity index (χ2n) is 9.18. The zero-order valence-corrected chi connectivity index (χ0v) is 12.7. The molecule has 0 heteroatoms. The van der Waals surface area contributed by atoms with Gasteiger partial charge in [0.15, 0.2) is 0 Å². The lowest BCUT2D eigenvalue weighted by Gasteiger charge is -2.19. The van der Waals surface area contributed by atoms with Gasteiger partial charge in [-0.2, -0.15) is 0 Å². The fourth-order valence-corrected chi connectivity index (χ4v) is 8.45. The van der Waals surface area contributed by atoms with Crippen LogP contribution in [0.5, 0.6) is 0 Å². The third-order valence-electron chi connectivity index (χ3n) is 8.89. The molecule has 6 rings (SSSR count). The Morgan fingerprint density at radius 2 is 0.850 bits per heavy atom. The van der Waals surface area contributed by atoms with E-state index in [4.69, 9.17) is 0 Å². The highest BCUT2D eigenvalue weighted by molar-refractivity contribution is 5.33. The van der Waals surface area contributed by atoms with Gasteiger partial charge in [0, 0.05) is 0 Å². The summed E-state index contributed by atoms with van der Waals surface area (Å²) in [5.74, 6) is 9.06. The summed E-state index contributed by atoms with van der Waals surface area (Å²) in [6.45, 7) is 0. The van der Waals surface area contributed by atoms with Gasteiger partial charge in [0.1, 0.15) is 0 Å². The summed E-state index contributed by atoms with van der Waals surface area (Å²) in [7, 11) is 0. The molecule has 20 heavy (non-hydrogen) atoms. The molecule has 6 saturated carbocycles. The molecule has 0 spiro atoms. The molecule has 0 aromatic rings. The minimum atomic E-state index is 1.08. The van der Waals surface area contributed by atoms with E-state index in [1.807, 2.05) is 0 Å². The Bertz CT molecular complexity index is 442. The van der Waals surface area contributed by atoms with Gasteiger partial charge in [0.2, 0.25) is 0 Å². The molecule has 0 aromatic carbocycles. The monoisotopic (exact) mass is 268 g/mol. The molecule has 108 valence electrons. The first-order valence-electron chi connectivity index (χ1n) is 9.62. The van der Waals surface area contributed by atoms with E-state index in [0.29, 0.717) is 0 Å². The predicted octanol–water partition coefficient (Wildman–Crippen LogP) is 5.20. The molecule has 0 heterocycles. The molecule has 8 atom stereocenters. The summed E-state index contributed by atoms with van der Waals surface area (Å²) in [6.07, 6.45) is 15.8. The molecule has 0 nitrogen and oxygen atoms in total. The molecule has 0 radical (unpaired) electrons. The average Bonchev–Trinajstić information content (AvgIpc) is 3.18. The van der Waals surface area contributed by atoms with E-state index in [0.717, 1.165) is 47.3 Å². The van der Waals surface area contributed by atoms with Crippen LogP contribution < -0.4 is 0 Å². The molecule has 6 aliphatic carbocycles. The van der Waals surface area contributed by atoms with Crippen molar-refractivity contribution in [1.29, 1.82) is 0 Å². The molecular formula is C20H28. The molecule has 0 amide bonds. The third kappa shape index (κ3) is 1.22. The normalized spacial score (nSPS) is 62.4. The quantitative estimate of drug-likeness (QED) is 0.530. The van der Waals surface area contributed by atoms with Crippen molar-refractivity contribution in [2.45, 2.75) is 64.2 Å². The van der Waals surface area contributed by atoms with E-state index in [9.17, 15) is 0 Å². The Morgan fingerprint density at radius 1 is 0.450 bits per heavy atom. The third-order valence-corrected chi connectivity index (χ3v) is 8.89. The fourth-order valence-electron chi connectivity index (χ4n) is 8.45. The second kappa shape index (κ2) is 3.73. The lowest BCUT2D eigenvalue weighted by atomic mass is 9.86. The van der Waals surface area contributed by atoms with Crippen LogP contribution in [0.25, 0.3) is 0 Å². The Morgan fingerprint density at radius 3 is 1.35 bits per heavy atom. The summed E-state index contributed by atoms with van der Waals surface area (Å²) in [4.78, 5) is 0. The molecule has 0 N–H and O–H groups in total. The van der Waals surface area contributed by atoms with E-state index < -0.39 is 0 Å². The van der Waals surface area contributed by atoms with Crippen molar-refractivity contribution in [1.82, 2.24) is 0 Å². The van der Waals surface area contributed by atoms with Gasteiger partial charge in [-0.3, -0.25) is 0 Å². The van der Waals surface area contributed by atoms with E-state index in [2.05, 4.69) is 11.1 Å². The SMILES string of the molecule is C1CC2C/C(=C3\CC4CCC5CCC3[C@H]54)C3CCC1[C@H]23. The highest BCUT2D eigenvalue weighted by Crippen LogP contribution is 2.66. The van der Waals surface area contributed by atoms with Gasteiger partial charge in [-0.25, -0.2) is 0 Å². The van der Waals surface area contributed by atoms with Crippen LogP contribution in [-0.2, 0) is 0 Å².